The molecular formula is C19H21ClN2O4. The third-order valence-electron chi connectivity index (χ3n) is 3.67. The fourth-order valence-corrected chi connectivity index (χ4v) is 2.58. The van der Waals surface area contributed by atoms with Crippen molar-refractivity contribution < 1.29 is 19.1 Å². The van der Waals surface area contributed by atoms with Crippen molar-refractivity contribution in [2.24, 2.45) is 0 Å². The zero-order chi connectivity index (χ0) is 19.1. The van der Waals surface area contributed by atoms with Crippen LogP contribution in [-0.4, -0.2) is 32.6 Å². The average molecular weight is 377 g/mol. The van der Waals surface area contributed by atoms with Crippen molar-refractivity contribution in [2.45, 2.75) is 13.3 Å². The van der Waals surface area contributed by atoms with Crippen molar-refractivity contribution in [1.82, 2.24) is 5.32 Å². The molecule has 0 unspecified atom stereocenters. The van der Waals surface area contributed by atoms with Gasteiger partial charge in [-0.3, -0.25) is 9.59 Å². The number of hydrogen-bond acceptors (Lipinski definition) is 4. The molecular weight excluding hydrogens is 356 g/mol. The molecule has 6 nitrogen and oxygen atoms in total. The maximum atomic E-state index is 12.1. The van der Waals surface area contributed by atoms with Crippen LogP contribution < -0.4 is 20.1 Å². The Hall–Kier alpha value is -2.73. The summed E-state index contributed by atoms with van der Waals surface area (Å²) in [6, 6.07) is 10.4. The Bertz CT molecular complexity index is 808. The zero-order valence-electron chi connectivity index (χ0n) is 14.9. The second-order valence-corrected chi connectivity index (χ2v) is 6.02. The second kappa shape index (κ2) is 9.10. The Morgan fingerprint density at radius 2 is 1.81 bits per heavy atom. The molecule has 0 aliphatic heterocycles. The molecule has 0 heterocycles. The molecule has 2 aromatic carbocycles. The number of hydrogen-bond donors (Lipinski definition) is 2. The number of benzene rings is 2. The number of carbonyl (C=O) groups excluding carboxylic acids is 2. The summed E-state index contributed by atoms with van der Waals surface area (Å²) in [5.74, 6) is 0.368. The van der Waals surface area contributed by atoms with Crippen molar-refractivity contribution in [3.63, 3.8) is 0 Å². The molecule has 0 fully saturated rings. The molecule has 0 saturated heterocycles. The van der Waals surface area contributed by atoms with E-state index in [9.17, 15) is 9.59 Å². The first-order valence-electron chi connectivity index (χ1n) is 8.01. The van der Waals surface area contributed by atoms with E-state index in [1.54, 1.807) is 24.3 Å². The summed E-state index contributed by atoms with van der Waals surface area (Å²) >= 11 is 6.04. The van der Waals surface area contributed by atoms with Crippen LogP contribution in [0.5, 0.6) is 11.5 Å². The Kier molecular flexibility index (Phi) is 6.86. The number of aryl methyl sites for hydroxylation is 1. The molecule has 2 rings (SSSR count). The van der Waals surface area contributed by atoms with Gasteiger partial charge in [0.15, 0.2) is 0 Å². The fourth-order valence-electron chi connectivity index (χ4n) is 2.35. The van der Waals surface area contributed by atoms with Crippen molar-refractivity contribution >= 4 is 29.1 Å². The van der Waals surface area contributed by atoms with E-state index < -0.39 is 0 Å². The number of carbonyl (C=O) groups is 2. The van der Waals surface area contributed by atoms with Crippen LogP contribution in [-0.2, 0) is 4.79 Å². The molecule has 7 heteroatoms. The fraction of sp³-hybridized carbons (Fsp3) is 0.263. The minimum atomic E-state index is -0.266. The molecule has 0 saturated carbocycles. The molecule has 0 aromatic heterocycles. The summed E-state index contributed by atoms with van der Waals surface area (Å²) in [5, 5.41) is 5.84. The minimum absolute atomic E-state index is 0.117. The predicted octanol–water partition coefficient (Wildman–Crippen LogP) is 3.42. The highest BCUT2D eigenvalue weighted by atomic mass is 35.5. The molecule has 26 heavy (non-hydrogen) atoms. The summed E-state index contributed by atoms with van der Waals surface area (Å²) in [6.45, 7) is 2.13. The van der Waals surface area contributed by atoms with Gasteiger partial charge in [0.2, 0.25) is 5.91 Å². The van der Waals surface area contributed by atoms with Crippen LogP contribution in [0.4, 0.5) is 5.69 Å². The van der Waals surface area contributed by atoms with Crippen LogP contribution in [0.1, 0.15) is 22.3 Å². The summed E-state index contributed by atoms with van der Waals surface area (Å²) in [5.41, 5.74) is 2.01. The van der Waals surface area contributed by atoms with Gasteiger partial charge in [0.05, 0.1) is 24.9 Å². The second-order valence-electron chi connectivity index (χ2n) is 5.61. The SMILES string of the molecule is COc1cc(NC(=O)CCNC(=O)c2cccc(C)c2)c(OC)cc1Cl. The van der Waals surface area contributed by atoms with Gasteiger partial charge < -0.3 is 20.1 Å². The highest BCUT2D eigenvalue weighted by molar-refractivity contribution is 6.32. The Balaban J connectivity index is 1.92. The number of anilines is 1. The van der Waals surface area contributed by atoms with E-state index in [-0.39, 0.29) is 24.8 Å². The number of rotatable bonds is 7. The molecule has 0 bridgehead atoms. The van der Waals surface area contributed by atoms with E-state index >= 15 is 0 Å². The predicted molar refractivity (Wildman–Crippen MR) is 101 cm³/mol. The number of halogens is 1. The van der Waals surface area contributed by atoms with Crippen LogP contribution in [0.15, 0.2) is 36.4 Å². The van der Waals surface area contributed by atoms with Gasteiger partial charge in [-0.2, -0.15) is 0 Å². The van der Waals surface area contributed by atoms with Gasteiger partial charge in [-0.1, -0.05) is 29.3 Å². The Labute approximate surface area is 157 Å². The molecule has 0 atom stereocenters. The molecule has 2 aromatic rings. The molecule has 0 aliphatic carbocycles. The van der Waals surface area contributed by atoms with E-state index in [0.717, 1.165) is 5.56 Å². The van der Waals surface area contributed by atoms with E-state index in [0.29, 0.717) is 27.8 Å². The third-order valence-corrected chi connectivity index (χ3v) is 3.96. The van der Waals surface area contributed by atoms with E-state index in [1.165, 1.54) is 14.2 Å². The summed E-state index contributed by atoms with van der Waals surface area (Å²) in [7, 11) is 2.97. The molecule has 0 spiro atoms. The smallest absolute Gasteiger partial charge is 0.251 e. The van der Waals surface area contributed by atoms with Crippen LogP contribution in [0.3, 0.4) is 0 Å². The van der Waals surface area contributed by atoms with Crippen molar-refractivity contribution in [3.8, 4) is 11.5 Å². The van der Waals surface area contributed by atoms with Gasteiger partial charge in [-0.25, -0.2) is 0 Å². The maximum absolute atomic E-state index is 12.1. The first-order chi connectivity index (χ1) is 12.4. The van der Waals surface area contributed by atoms with E-state index in [1.807, 2.05) is 19.1 Å². The highest BCUT2D eigenvalue weighted by Gasteiger charge is 2.13. The van der Waals surface area contributed by atoms with Gasteiger partial charge in [-0.05, 0) is 19.1 Å². The summed E-state index contributed by atoms with van der Waals surface area (Å²) in [6.07, 6.45) is 0.117. The summed E-state index contributed by atoms with van der Waals surface area (Å²) in [4.78, 5) is 24.2. The molecule has 2 amide bonds. The maximum Gasteiger partial charge on any atom is 0.251 e. The van der Waals surface area contributed by atoms with Crippen LogP contribution in [0.2, 0.25) is 5.02 Å². The topological polar surface area (TPSA) is 76.7 Å². The average Bonchev–Trinajstić information content (AvgIpc) is 2.62. The standard InChI is InChI=1S/C19H21ClN2O4/c1-12-5-4-6-13(9-12)19(24)21-8-7-18(23)22-15-11-16(25-2)14(20)10-17(15)26-3/h4-6,9-11H,7-8H2,1-3H3,(H,21,24)(H,22,23). The third kappa shape index (κ3) is 5.13. The molecule has 2 N–H and O–H groups in total. The lowest BCUT2D eigenvalue weighted by molar-refractivity contribution is -0.116. The largest absolute Gasteiger partial charge is 0.495 e. The van der Waals surface area contributed by atoms with E-state index in [4.69, 9.17) is 21.1 Å². The normalized spacial score (nSPS) is 10.2. The lowest BCUT2D eigenvalue weighted by atomic mass is 10.1. The molecule has 138 valence electrons. The van der Waals surface area contributed by atoms with Gasteiger partial charge in [0.1, 0.15) is 11.5 Å². The van der Waals surface area contributed by atoms with Gasteiger partial charge in [-0.15, -0.1) is 0 Å². The van der Waals surface area contributed by atoms with Gasteiger partial charge in [0, 0.05) is 30.7 Å². The van der Waals surface area contributed by atoms with E-state index in [2.05, 4.69) is 10.6 Å². The van der Waals surface area contributed by atoms with Gasteiger partial charge in [0.25, 0.3) is 5.91 Å². The number of methoxy groups -OCH3 is 2. The number of amides is 2. The van der Waals surface area contributed by atoms with Crippen molar-refractivity contribution in [3.05, 3.63) is 52.5 Å². The first-order valence-corrected chi connectivity index (χ1v) is 8.38. The number of ether oxygens (including phenoxy) is 2. The highest BCUT2D eigenvalue weighted by Crippen LogP contribution is 2.35. The molecule has 0 radical (unpaired) electrons. The quantitative estimate of drug-likeness (QED) is 0.776. The number of nitrogens with one attached hydrogen (secondary N) is 2. The monoisotopic (exact) mass is 376 g/mol. The molecule has 0 aliphatic rings. The van der Waals surface area contributed by atoms with Crippen LogP contribution >= 0.6 is 11.6 Å². The lowest BCUT2D eigenvalue weighted by Crippen LogP contribution is -2.27. The van der Waals surface area contributed by atoms with Crippen LogP contribution in [0, 0.1) is 6.92 Å². The van der Waals surface area contributed by atoms with Gasteiger partial charge >= 0.3 is 0 Å². The Morgan fingerprint density at radius 3 is 2.46 bits per heavy atom. The van der Waals surface area contributed by atoms with Crippen molar-refractivity contribution in [1.29, 1.82) is 0 Å². The Morgan fingerprint density at radius 1 is 1.08 bits per heavy atom. The zero-order valence-corrected chi connectivity index (χ0v) is 15.6. The first kappa shape index (κ1) is 19.6. The summed E-state index contributed by atoms with van der Waals surface area (Å²) < 4.78 is 10.4. The van der Waals surface area contributed by atoms with Crippen LogP contribution in [0.25, 0.3) is 0 Å². The van der Waals surface area contributed by atoms with Crippen molar-refractivity contribution in [2.75, 3.05) is 26.1 Å². The minimum Gasteiger partial charge on any atom is -0.495 e. The lowest BCUT2D eigenvalue weighted by Gasteiger charge is -2.13.